The minimum absolute atomic E-state index is 0.154. The van der Waals surface area contributed by atoms with E-state index >= 15 is 0 Å². The van der Waals surface area contributed by atoms with E-state index in [9.17, 15) is 4.79 Å². The molecular formula is C26H30N6O. The minimum Gasteiger partial charge on any atom is -0.276 e. The van der Waals surface area contributed by atoms with Crippen molar-refractivity contribution in [2.45, 2.75) is 47.1 Å². The van der Waals surface area contributed by atoms with Gasteiger partial charge in [-0.2, -0.15) is 10.2 Å². The van der Waals surface area contributed by atoms with Crippen LogP contribution in [0.4, 0.5) is 0 Å². The highest BCUT2D eigenvalue weighted by Crippen LogP contribution is 2.18. The van der Waals surface area contributed by atoms with E-state index in [0.29, 0.717) is 24.9 Å². The van der Waals surface area contributed by atoms with Gasteiger partial charge < -0.3 is 0 Å². The molecule has 1 N–H and O–H groups in total. The van der Waals surface area contributed by atoms with Gasteiger partial charge in [0.05, 0.1) is 29.0 Å². The fourth-order valence-corrected chi connectivity index (χ4v) is 3.51. The molecule has 0 amide bonds. The highest BCUT2D eigenvalue weighted by atomic mass is 16.1. The van der Waals surface area contributed by atoms with Gasteiger partial charge in [-0.05, 0) is 24.5 Å². The summed E-state index contributed by atoms with van der Waals surface area (Å²) in [4.78, 5) is 21.2. The molecule has 33 heavy (non-hydrogen) atoms. The largest absolute Gasteiger partial charge is 0.276 e. The molecule has 3 heterocycles. The Labute approximate surface area is 193 Å². The molecule has 0 fully saturated rings. The molecule has 3 aromatic heterocycles. The number of H-pyrrole nitrogens is 1. The summed E-state index contributed by atoms with van der Waals surface area (Å²) in [6.45, 7) is 8.43. The van der Waals surface area contributed by atoms with Crippen LogP contribution >= 0.6 is 0 Å². The average Bonchev–Trinajstić information content (AvgIpc) is 3.27. The van der Waals surface area contributed by atoms with Crippen molar-refractivity contribution in [3.63, 3.8) is 0 Å². The fourth-order valence-electron chi connectivity index (χ4n) is 3.51. The van der Waals surface area contributed by atoms with Crippen LogP contribution in [0, 0.1) is 0 Å². The molecule has 0 saturated carbocycles. The van der Waals surface area contributed by atoms with Crippen molar-refractivity contribution < 1.29 is 0 Å². The van der Waals surface area contributed by atoms with Crippen molar-refractivity contribution in [3.05, 3.63) is 94.3 Å². The third kappa shape index (κ3) is 5.49. The molecule has 5 rings (SSSR count). The number of fused-ring (bicyclic) bond motifs is 2. The van der Waals surface area contributed by atoms with Crippen molar-refractivity contribution in [1.29, 1.82) is 0 Å². The van der Waals surface area contributed by atoms with Crippen molar-refractivity contribution in [2.24, 2.45) is 0 Å². The Morgan fingerprint density at radius 2 is 1.55 bits per heavy atom. The number of benzene rings is 2. The van der Waals surface area contributed by atoms with Crippen molar-refractivity contribution in [1.82, 2.24) is 29.9 Å². The molecule has 0 bridgehead atoms. The first-order valence-electron chi connectivity index (χ1n) is 11.5. The van der Waals surface area contributed by atoms with E-state index in [-0.39, 0.29) is 5.56 Å². The number of aryl methyl sites for hydroxylation is 2. The Balaban J connectivity index is 0.000000728. The number of aromatic amines is 1. The van der Waals surface area contributed by atoms with Crippen LogP contribution in [0.5, 0.6) is 0 Å². The normalized spacial score (nSPS) is 10.3. The second-order valence-electron chi connectivity index (χ2n) is 6.90. The van der Waals surface area contributed by atoms with Crippen LogP contribution in [-0.2, 0) is 19.4 Å². The zero-order chi connectivity index (χ0) is 23.6. The Kier molecular flexibility index (Phi) is 8.41. The number of hydrogen-bond donors (Lipinski definition) is 1. The van der Waals surface area contributed by atoms with Crippen LogP contribution in [0.3, 0.4) is 0 Å². The molecule has 5 aromatic rings. The Hall–Kier alpha value is -3.87. The van der Waals surface area contributed by atoms with Crippen LogP contribution in [0.1, 0.15) is 44.6 Å². The van der Waals surface area contributed by atoms with E-state index in [0.717, 1.165) is 33.4 Å². The zero-order valence-corrected chi connectivity index (χ0v) is 19.6. The van der Waals surface area contributed by atoms with Gasteiger partial charge in [0.1, 0.15) is 11.8 Å². The number of nitrogens with zero attached hydrogens (tertiary/aromatic N) is 5. The Morgan fingerprint density at radius 3 is 2.33 bits per heavy atom. The molecule has 0 aliphatic rings. The van der Waals surface area contributed by atoms with Crippen molar-refractivity contribution in [2.75, 3.05) is 0 Å². The van der Waals surface area contributed by atoms with Crippen LogP contribution in [0.15, 0.2) is 71.8 Å². The Bertz CT molecular complexity index is 1350. The molecule has 0 aliphatic heterocycles. The summed E-state index contributed by atoms with van der Waals surface area (Å²) >= 11 is 0. The molecule has 7 nitrogen and oxygen atoms in total. The number of nitrogens with one attached hydrogen (secondary N) is 1. The van der Waals surface area contributed by atoms with Gasteiger partial charge in [0.2, 0.25) is 0 Å². The van der Waals surface area contributed by atoms with E-state index in [1.165, 1.54) is 4.68 Å². The first-order valence-corrected chi connectivity index (χ1v) is 11.5. The molecule has 0 saturated heterocycles. The standard InChI is InChI=1S/C22H18N6O.2C2H6/c29-21-12-20-22(27-28(21)13-15-6-2-1-3-7-15)19(25-26-20)11-10-18-16-8-4-5-9-17(16)23-14-24-18;2*1-2/h1-9,12,14,26H,10-11,13H2;2*1-2H3. The van der Waals surface area contributed by atoms with Crippen LogP contribution in [-0.4, -0.2) is 29.9 Å². The van der Waals surface area contributed by atoms with E-state index in [2.05, 4.69) is 25.3 Å². The monoisotopic (exact) mass is 442 g/mol. The number of para-hydroxylation sites is 1. The summed E-state index contributed by atoms with van der Waals surface area (Å²) in [6.07, 6.45) is 2.97. The molecule has 0 unspecified atom stereocenters. The lowest BCUT2D eigenvalue weighted by molar-refractivity contribution is 0.652. The molecule has 7 heteroatoms. The van der Waals surface area contributed by atoms with Gasteiger partial charge in [-0.3, -0.25) is 9.89 Å². The highest BCUT2D eigenvalue weighted by molar-refractivity contribution is 5.80. The topological polar surface area (TPSA) is 89.3 Å². The second-order valence-corrected chi connectivity index (χ2v) is 6.90. The quantitative estimate of drug-likeness (QED) is 0.416. The van der Waals surface area contributed by atoms with Crippen LogP contribution < -0.4 is 5.56 Å². The summed E-state index contributed by atoms with van der Waals surface area (Å²) < 4.78 is 1.48. The van der Waals surface area contributed by atoms with Gasteiger partial charge in [-0.25, -0.2) is 14.6 Å². The molecule has 0 spiro atoms. The maximum absolute atomic E-state index is 12.4. The highest BCUT2D eigenvalue weighted by Gasteiger charge is 2.12. The summed E-state index contributed by atoms with van der Waals surface area (Å²) in [5.74, 6) is 0. The van der Waals surface area contributed by atoms with Gasteiger partial charge >= 0.3 is 0 Å². The maximum Gasteiger partial charge on any atom is 0.269 e. The molecule has 2 aromatic carbocycles. The lowest BCUT2D eigenvalue weighted by atomic mass is 10.1. The number of rotatable bonds is 5. The molecular weight excluding hydrogens is 412 g/mol. The fraction of sp³-hybridized carbons (Fsp3) is 0.269. The van der Waals surface area contributed by atoms with E-state index in [4.69, 9.17) is 0 Å². The smallest absolute Gasteiger partial charge is 0.269 e. The first kappa shape index (κ1) is 23.8. The second kappa shape index (κ2) is 11.7. The molecule has 0 atom stereocenters. The zero-order valence-electron chi connectivity index (χ0n) is 19.6. The predicted octanol–water partition coefficient (Wildman–Crippen LogP) is 4.95. The van der Waals surface area contributed by atoms with Crippen molar-refractivity contribution >= 4 is 21.9 Å². The van der Waals surface area contributed by atoms with Gasteiger partial charge in [-0.1, -0.05) is 76.2 Å². The molecule has 0 aliphatic carbocycles. The third-order valence-corrected chi connectivity index (χ3v) is 4.98. The Morgan fingerprint density at radius 1 is 0.848 bits per heavy atom. The van der Waals surface area contributed by atoms with E-state index in [1.807, 2.05) is 82.3 Å². The summed E-state index contributed by atoms with van der Waals surface area (Å²) in [7, 11) is 0. The first-order chi connectivity index (χ1) is 16.3. The predicted molar refractivity (Wildman–Crippen MR) is 133 cm³/mol. The lowest BCUT2D eigenvalue weighted by Gasteiger charge is -2.06. The SMILES string of the molecule is CC.CC.O=c1cc2[nH]nc(CCc3ncnc4ccccc34)c2nn1Cc1ccccc1. The van der Waals surface area contributed by atoms with Gasteiger partial charge in [0.25, 0.3) is 5.56 Å². The van der Waals surface area contributed by atoms with Gasteiger partial charge in [-0.15, -0.1) is 0 Å². The molecule has 0 radical (unpaired) electrons. The third-order valence-electron chi connectivity index (χ3n) is 4.98. The summed E-state index contributed by atoms with van der Waals surface area (Å²) in [5, 5.41) is 13.0. The lowest BCUT2D eigenvalue weighted by Crippen LogP contribution is -2.22. The summed E-state index contributed by atoms with van der Waals surface area (Å²) in [6, 6.07) is 19.3. The van der Waals surface area contributed by atoms with Crippen molar-refractivity contribution in [3.8, 4) is 0 Å². The van der Waals surface area contributed by atoms with E-state index < -0.39 is 0 Å². The number of hydrogen-bond acceptors (Lipinski definition) is 5. The summed E-state index contributed by atoms with van der Waals surface area (Å²) in [5.41, 5.74) is 4.98. The maximum atomic E-state index is 12.4. The van der Waals surface area contributed by atoms with E-state index in [1.54, 1.807) is 12.4 Å². The average molecular weight is 443 g/mol. The van der Waals surface area contributed by atoms with Crippen LogP contribution in [0.2, 0.25) is 0 Å². The van der Waals surface area contributed by atoms with Gasteiger partial charge in [0.15, 0.2) is 0 Å². The minimum atomic E-state index is -0.154. The van der Waals surface area contributed by atoms with Crippen LogP contribution in [0.25, 0.3) is 21.9 Å². The molecule has 170 valence electrons. The van der Waals surface area contributed by atoms with Gasteiger partial charge in [0, 0.05) is 11.5 Å². The number of aromatic nitrogens is 6.